The van der Waals surface area contributed by atoms with Gasteiger partial charge in [0.15, 0.2) is 0 Å². The van der Waals surface area contributed by atoms with Gasteiger partial charge in [-0.05, 0) is 32.8 Å². The molecule has 7 heteroatoms. The molecule has 1 heterocycles. The number of carbonyl (C=O) groups excluding carboxylic acids is 2. The van der Waals surface area contributed by atoms with E-state index in [1.165, 1.54) is 17.8 Å². The number of ether oxygens (including phenoxy) is 1. The zero-order chi connectivity index (χ0) is 18.1. The normalized spacial score (nSPS) is 10.3. The summed E-state index contributed by atoms with van der Waals surface area (Å²) in [4.78, 5) is 28.1. The molecule has 6 nitrogen and oxygen atoms in total. The molecule has 24 heavy (non-hydrogen) atoms. The Morgan fingerprint density at radius 1 is 1.38 bits per heavy atom. The number of nitriles is 1. The van der Waals surface area contributed by atoms with E-state index in [1.54, 1.807) is 13.8 Å². The summed E-state index contributed by atoms with van der Waals surface area (Å²) in [5.74, 6) is -0.412. The maximum absolute atomic E-state index is 12.0. The molecule has 0 radical (unpaired) electrons. The Bertz CT molecular complexity index is 637. The van der Waals surface area contributed by atoms with E-state index in [9.17, 15) is 14.9 Å². The summed E-state index contributed by atoms with van der Waals surface area (Å²) < 4.78 is 4.96. The molecule has 0 aliphatic heterocycles. The first-order valence-electron chi connectivity index (χ1n) is 7.97. The highest BCUT2D eigenvalue weighted by atomic mass is 32.2. The second-order valence-corrected chi connectivity index (χ2v) is 6.14. The van der Waals surface area contributed by atoms with E-state index in [4.69, 9.17) is 4.74 Å². The third kappa shape index (κ3) is 5.53. The van der Waals surface area contributed by atoms with E-state index >= 15 is 0 Å². The molecule has 0 saturated heterocycles. The number of rotatable bonds is 8. The first kappa shape index (κ1) is 20.0. The number of hydrogen-bond donors (Lipinski definition) is 1. The molecule has 0 aliphatic rings. The predicted octanol–water partition coefficient (Wildman–Crippen LogP) is 2.84. The lowest BCUT2D eigenvalue weighted by molar-refractivity contribution is -0.119. The lowest BCUT2D eigenvalue weighted by Crippen LogP contribution is -2.35. The zero-order valence-electron chi connectivity index (χ0n) is 14.5. The van der Waals surface area contributed by atoms with E-state index in [2.05, 4.69) is 10.3 Å². The summed E-state index contributed by atoms with van der Waals surface area (Å²) in [5, 5.41) is 12.7. The van der Waals surface area contributed by atoms with Gasteiger partial charge in [-0.15, -0.1) is 0 Å². The molecule has 0 spiro atoms. The number of aryl methyl sites for hydroxylation is 1. The van der Waals surface area contributed by atoms with Crippen molar-refractivity contribution in [1.29, 1.82) is 5.26 Å². The highest BCUT2D eigenvalue weighted by Gasteiger charge is 2.17. The summed E-state index contributed by atoms with van der Waals surface area (Å²) in [6.45, 7) is 7.70. The molecule has 0 aliphatic carbocycles. The van der Waals surface area contributed by atoms with Crippen molar-refractivity contribution in [3.8, 4) is 6.07 Å². The van der Waals surface area contributed by atoms with Crippen molar-refractivity contribution in [1.82, 2.24) is 10.3 Å². The van der Waals surface area contributed by atoms with Gasteiger partial charge in [0.1, 0.15) is 11.1 Å². The third-order valence-electron chi connectivity index (χ3n) is 3.48. The second kappa shape index (κ2) is 9.93. The Labute approximate surface area is 147 Å². The number of amides is 1. The van der Waals surface area contributed by atoms with E-state index in [0.29, 0.717) is 10.7 Å². The molecule has 1 amide bonds. The minimum absolute atomic E-state index is 0.0912. The Balaban J connectivity index is 2.86. The molecule has 0 unspecified atom stereocenters. The van der Waals surface area contributed by atoms with Crippen LogP contribution in [0.1, 0.15) is 55.2 Å². The van der Waals surface area contributed by atoms with Crippen molar-refractivity contribution in [2.45, 2.75) is 51.6 Å². The molecule has 0 fully saturated rings. The Morgan fingerprint density at radius 3 is 2.58 bits per heavy atom. The van der Waals surface area contributed by atoms with Gasteiger partial charge in [-0.3, -0.25) is 4.79 Å². The molecule has 0 bridgehead atoms. The number of carbonyl (C=O) groups is 2. The van der Waals surface area contributed by atoms with Crippen LogP contribution in [0, 0.1) is 18.3 Å². The largest absolute Gasteiger partial charge is 0.462 e. The van der Waals surface area contributed by atoms with E-state index < -0.39 is 5.97 Å². The topological polar surface area (TPSA) is 92.1 Å². The fourth-order valence-electron chi connectivity index (χ4n) is 2.08. The van der Waals surface area contributed by atoms with Crippen LogP contribution in [-0.2, 0) is 9.53 Å². The van der Waals surface area contributed by atoms with Crippen LogP contribution in [-0.4, -0.2) is 35.3 Å². The standard InChI is InChI=1S/C17H23N3O3S/c1-5-13(6-2)20-15(21)10-24-16-12(9-18)8-14(11(4)19-16)17(22)23-7-3/h8,13H,5-7,10H2,1-4H3,(H,20,21). The molecule has 0 saturated carbocycles. The van der Waals surface area contributed by atoms with Crippen molar-refractivity contribution < 1.29 is 14.3 Å². The summed E-state index contributed by atoms with van der Waals surface area (Å²) in [6.07, 6.45) is 1.75. The minimum Gasteiger partial charge on any atom is -0.462 e. The molecule has 1 rings (SSSR count). The molecule has 1 aromatic rings. The van der Waals surface area contributed by atoms with Crippen LogP contribution < -0.4 is 5.32 Å². The van der Waals surface area contributed by atoms with E-state index in [-0.39, 0.29) is 35.4 Å². The van der Waals surface area contributed by atoms with Crippen molar-refractivity contribution >= 4 is 23.6 Å². The van der Waals surface area contributed by atoms with Gasteiger partial charge in [0.25, 0.3) is 0 Å². The van der Waals surface area contributed by atoms with Crippen LogP contribution in [0.15, 0.2) is 11.1 Å². The Morgan fingerprint density at radius 2 is 2.04 bits per heavy atom. The highest BCUT2D eigenvalue weighted by Crippen LogP contribution is 2.23. The molecule has 1 N–H and O–H groups in total. The van der Waals surface area contributed by atoms with Crippen molar-refractivity contribution in [3.05, 3.63) is 22.9 Å². The van der Waals surface area contributed by atoms with E-state index in [0.717, 1.165) is 12.8 Å². The minimum atomic E-state index is -0.498. The molecular weight excluding hydrogens is 326 g/mol. The number of thioether (sulfide) groups is 1. The van der Waals surface area contributed by atoms with Crippen LogP contribution in [0.25, 0.3) is 0 Å². The maximum Gasteiger partial charge on any atom is 0.340 e. The molecule has 0 aromatic carbocycles. The number of aromatic nitrogens is 1. The lowest BCUT2D eigenvalue weighted by atomic mass is 10.1. The number of nitrogens with zero attached hydrogens (tertiary/aromatic N) is 2. The van der Waals surface area contributed by atoms with Gasteiger partial charge in [-0.1, -0.05) is 25.6 Å². The smallest absolute Gasteiger partial charge is 0.340 e. The summed E-state index contributed by atoms with van der Waals surface area (Å²) in [6, 6.07) is 3.66. The third-order valence-corrected chi connectivity index (χ3v) is 4.48. The van der Waals surface area contributed by atoms with Gasteiger partial charge in [-0.25, -0.2) is 9.78 Å². The number of nitrogens with one attached hydrogen (secondary N) is 1. The number of pyridine rings is 1. The van der Waals surface area contributed by atoms with Gasteiger partial charge in [0.05, 0.1) is 29.2 Å². The first-order chi connectivity index (χ1) is 11.5. The number of hydrogen-bond acceptors (Lipinski definition) is 6. The van der Waals surface area contributed by atoms with Crippen molar-refractivity contribution in [3.63, 3.8) is 0 Å². The lowest BCUT2D eigenvalue weighted by Gasteiger charge is -2.14. The van der Waals surface area contributed by atoms with Crippen LogP contribution in [0.5, 0.6) is 0 Å². The zero-order valence-corrected chi connectivity index (χ0v) is 15.3. The highest BCUT2D eigenvalue weighted by molar-refractivity contribution is 8.00. The molecular formula is C17H23N3O3S. The Hall–Kier alpha value is -2.07. The fraction of sp³-hybridized carbons (Fsp3) is 0.529. The Kier molecular flexibility index (Phi) is 8.27. The van der Waals surface area contributed by atoms with Gasteiger partial charge in [0.2, 0.25) is 5.91 Å². The quantitative estimate of drug-likeness (QED) is 0.573. The summed E-state index contributed by atoms with van der Waals surface area (Å²) >= 11 is 1.19. The van der Waals surface area contributed by atoms with Crippen LogP contribution in [0.3, 0.4) is 0 Å². The first-order valence-corrected chi connectivity index (χ1v) is 8.96. The number of esters is 1. The second-order valence-electron chi connectivity index (χ2n) is 5.18. The predicted molar refractivity (Wildman–Crippen MR) is 92.9 cm³/mol. The fourth-order valence-corrected chi connectivity index (χ4v) is 2.90. The van der Waals surface area contributed by atoms with E-state index in [1.807, 2.05) is 19.9 Å². The van der Waals surface area contributed by atoms with Gasteiger partial charge < -0.3 is 10.1 Å². The van der Waals surface area contributed by atoms with Crippen LogP contribution >= 0.6 is 11.8 Å². The summed E-state index contributed by atoms with van der Waals surface area (Å²) in [7, 11) is 0. The van der Waals surface area contributed by atoms with Crippen molar-refractivity contribution in [2.24, 2.45) is 0 Å². The average Bonchev–Trinajstić information content (AvgIpc) is 2.57. The SMILES string of the molecule is CCOC(=O)c1cc(C#N)c(SCC(=O)NC(CC)CC)nc1C. The summed E-state index contributed by atoms with van der Waals surface area (Å²) in [5.41, 5.74) is 1.03. The van der Waals surface area contributed by atoms with Gasteiger partial charge in [0, 0.05) is 6.04 Å². The van der Waals surface area contributed by atoms with Crippen molar-refractivity contribution in [2.75, 3.05) is 12.4 Å². The molecule has 1 aromatic heterocycles. The van der Waals surface area contributed by atoms with Crippen LogP contribution in [0.4, 0.5) is 0 Å². The van der Waals surface area contributed by atoms with Crippen LogP contribution in [0.2, 0.25) is 0 Å². The monoisotopic (exact) mass is 349 g/mol. The average molecular weight is 349 g/mol. The maximum atomic E-state index is 12.0. The van der Waals surface area contributed by atoms with Gasteiger partial charge >= 0.3 is 5.97 Å². The molecule has 0 atom stereocenters. The molecule has 130 valence electrons. The van der Waals surface area contributed by atoms with Gasteiger partial charge in [-0.2, -0.15) is 5.26 Å².